The third-order valence-electron chi connectivity index (χ3n) is 3.24. The molecule has 1 atom stereocenters. The van der Waals surface area contributed by atoms with Crippen LogP contribution >= 0.6 is 11.6 Å². The molecule has 0 saturated heterocycles. The van der Waals surface area contributed by atoms with Crippen LogP contribution in [0.15, 0.2) is 42.5 Å². The summed E-state index contributed by atoms with van der Waals surface area (Å²) in [5.74, 6) is 1.48. The van der Waals surface area contributed by atoms with Crippen molar-refractivity contribution in [1.82, 2.24) is 0 Å². The fraction of sp³-hybridized carbons (Fsp3) is 0.333. The first-order chi connectivity index (χ1) is 10.1. The number of hydrogen-bond donors (Lipinski definition) is 1. The number of rotatable bonds is 6. The topological polar surface area (TPSA) is 35.2 Å². The van der Waals surface area contributed by atoms with Gasteiger partial charge in [0, 0.05) is 6.04 Å². The zero-order valence-electron chi connectivity index (χ0n) is 12.6. The van der Waals surface area contributed by atoms with Crippen molar-refractivity contribution in [2.75, 3.05) is 0 Å². The minimum absolute atomic E-state index is 0.124. The molecule has 0 saturated carbocycles. The summed E-state index contributed by atoms with van der Waals surface area (Å²) >= 11 is 6.28. The molecule has 0 aromatic heterocycles. The van der Waals surface area contributed by atoms with Crippen LogP contribution in [-0.4, -0.2) is 6.04 Å². The van der Waals surface area contributed by atoms with Crippen molar-refractivity contribution < 1.29 is 4.74 Å². The summed E-state index contributed by atoms with van der Waals surface area (Å²) in [5, 5.41) is 0.616. The molecule has 3 heteroatoms. The lowest BCUT2D eigenvalue weighted by molar-refractivity contribution is 0.482. The van der Waals surface area contributed by atoms with Crippen LogP contribution in [0.2, 0.25) is 5.02 Å². The average molecular weight is 304 g/mol. The second-order valence-corrected chi connectivity index (χ2v) is 5.85. The monoisotopic (exact) mass is 303 g/mol. The minimum Gasteiger partial charge on any atom is -0.456 e. The fourth-order valence-corrected chi connectivity index (χ4v) is 2.51. The fourth-order valence-electron chi connectivity index (χ4n) is 2.27. The van der Waals surface area contributed by atoms with E-state index in [1.165, 1.54) is 5.56 Å². The highest BCUT2D eigenvalue weighted by molar-refractivity contribution is 6.32. The van der Waals surface area contributed by atoms with Crippen molar-refractivity contribution in [3.8, 4) is 11.5 Å². The van der Waals surface area contributed by atoms with E-state index < -0.39 is 0 Å². The van der Waals surface area contributed by atoms with Gasteiger partial charge in [0.1, 0.15) is 11.5 Å². The van der Waals surface area contributed by atoms with Gasteiger partial charge in [0.05, 0.1) is 5.02 Å². The predicted octanol–water partition coefficient (Wildman–Crippen LogP) is 4.97. The van der Waals surface area contributed by atoms with Crippen molar-refractivity contribution in [2.45, 2.75) is 39.2 Å². The van der Waals surface area contributed by atoms with Gasteiger partial charge in [0.15, 0.2) is 0 Å². The van der Waals surface area contributed by atoms with Crippen LogP contribution in [0.4, 0.5) is 0 Å². The summed E-state index contributed by atoms with van der Waals surface area (Å²) in [7, 11) is 0. The molecule has 1 unspecified atom stereocenters. The molecular weight excluding hydrogens is 282 g/mol. The molecule has 0 amide bonds. The molecule has 0 aliphatic heterocycles. The molecule has 2 N–H and O–H groups in total. The molecule has 2 aromatic carbocycles. The van der Waals surface area contributed by atoms with E-state index >= 15 is 0 Å². The first-order valence-corrected chi connectivity index (χ1v) is 7.77. The molecule has 21 heavy (non-hydrogen) atoms. The van der Waals surface area contributed by atoms with Crippen molar-refractivity contribution in [2.24, 2.45) is 5.73 Å². The van der Waals surface area contributed by atoms with E-state index in [9.17, 15) is 0 Å². The summed E-state index contributed by atoms with van der Waals surface area (Å²) < 4.78 is 5.84. The highest BCUT2D eigenvalue weighted by Gasteiger charge is 2.06. The maximum absolute atomic E-state index is 6.28. The maximum Gasteiger partial charge on any atom is 0.146 e. The molecule has 0 fully saturated rings. The van der Waals surface area contributed by atoms with Crippen LogP contribution in [0, 0.1) is 0 Å². The molecule has 2 rings (SSSR count). The van der Waals surface area contributed by atoms with Gasteiger partial charge in [-0.1, -0.05) is 43.1 Å². The van der Waals surface area contributed by atoms with Crippen molar-refractivity contribution >= 4 is 11.6 Å². The molecule has 0 heterocycles. The number of aryl methyl sites for hydroxylation is 1. The van der Waals surface area contributed by atoms with Crippen LogP contribution in [-0.2, 0) is 12.8 Å². The van der Waals surface area contributed by atoms with E-state index in [0.29, 0.717) is 10.8 Å². The normalized spacial score (nSPS) is 12.2. The Morgan fingerprint density at radius 3 is 2.33 bits per heavy atom. The molecule has 0 aliphatic carbocycles. The Hall–Kier alpha value is -1.51. The Bertz CT molecular complexity index is 578. The molecule has 2 nitrogen and oxygen atoms in total. The molecule has 2 aromatic rings. The van der Waals surface area contributed by atoms with Crippen LogP contribution in [0.1, 0.15) is 31.4 Å². The largest absolute Gasteiger partial charge is 0.456 e. The van der Waals surface area contributed by atoms with Gasteiger partial charge >= 0.3 is 0 Å². The quantitative estimate of drug-likeness (QED) is 0.817. The SMILES string of the molecule is CCCc1ccc(Oc2ccc(CC(C)N)cc2Cl)cc1. The standard InChI is InChI=1S/C18H22ClNO/c1-3-4-14-5-8-16(9-6-14)21-18-10-7-15(11-13(2)20)12-17(18)19/h5-10,12-13H,3-4,11,20H2,1-2H3. The molecule has 0 radical (unpaired) electrons. The number of halogens is 1. The summed E-state index contributed by atoms with van der Waals surface area (Å²) in [6.07, 6.45) is 3.05. The van der Waals surface area contributed by atoms with Crippen molar-refractivity contribution in [1.29, 1.82) is 0 Å². The van der Waals surface area contributed by atoms with Gasteiger partial charge in [-0.2, -0.15) is 0 Å². The van der Waals surface area contributed by atoms with Crippen LogP contribution in [0.25, 0.3) is 0 Å². The molecule has 0 bridgehead atoms. The average Bonchev–Trinajstić information content (AvgIpc) is 2.43. The van der Waals surface area contributed by atoms with Gasteiger partial charge in [-0.15, -0.1) is 0 Å². The Morgan fingerprint density at radius 2 is 1.76 bits per heavy atom. The number of hydrogen-bond acceptors (Lipinski definition) is 2. The zero-order valence-corrected chi connectivity index (χ0v) is 13.4. The molecule has 0 aliphatic rings. The number of benzene rings is 2. The van der Waals surface area contributed by atoms with Gasteiger partial charge < -0.3 is 10.5 Å². The summed E-state index contributed by atoms with van der Waals surface area (Å²) in [5.41, 5.74) is 8.25. The predicted molar refractivity (Wildman–Crippen MR) is 89.3 cm³/mol. The molecule has 0 spiro atoms. The third-order valence-corrected chi connectivity index (χ3v) is 3.54. The van der Waals surface area contributed by atoms with E-state index in [1.807, 2.05) is 37.3 Å². The summed E-state index contributed by atoms with van der Waals surface area (Å²) in [4.78, 5) is 0. The van der Waals surface area contributed by atoms with Gasteiger partial charge in [0.2, 0.25) is 0 Å². The Balaban J connectivity index is 2.08. The van der Waals surface area contributed by atoms with Crippen LogP contribution in [0.5, 0.6) is 11.5 Å². The zero-order chi connectivity index (χ0) is 15.2. The van der Waals surface area contributed by atoms with Gasteiger partial charge in [-0.05, 0) is 55.2 Å². The minimum atomic E-state index is 0.124. The highest BCUT2D eigenvalue weighted by atomic mass is 35.5. The van der Waals surface area contributed by atoms with E-state index in [0.717, 1.165) is 30.6 Å². The first-order valence-electron chi connectivity index (χ1n) is 7.39. The number of ether oxygens (including phenoxy) is 1. The maximum atomic E-state index is 6.28. The Labute approximate surface area is 131 Å². The van der Waals surface area contributed by atoms with Crippen molar-refractivity contribution in [3.63, 3.8) is 0 Å². The second kappa shape index (κ2) is 7.48. The Morgan fingerprint density at radius 1 is 1.10 bits per heavy atom. The van der Waals surface area contributed by atoms with E-state index in [-0.39, 0.29) is 6.04 Å². The van der Waals surface area contributed by atoms with Crippen molar-refractivity contribution in [3.05, 3.63) is 58.6 Å². The van der Waals surface area contributed by atoms with Gasteiger partial charge in [-0.25, -0.2) is 0 Å². The van der Waals surface area contributed by atoms with E-state index in [1.54, 1.807) is 0 Å². The second-order valence-electron chi connectivity index (χ2n) is 5.44. The lowest BCUT2D eigenvalue weighted by Gasteiger charge is -2.11. The Kier molecular flexibility index (Phi) is 5.66. The highest BCUT2D eigenvalue weighted by Crippen LogP contribution is 2.30. The first kappa shape index (κ1) is 15.9. The smallest absolute Gasteiger partial charge is 0.146 e. The summed E-state index contributed by atoms with van der Waals surface area (Å²) in [6.45, 7) is 4.16. The van der Waals surface area contributed by atoms with Crippen LogP contribution in [0.3, 0.4) is 0 Å². The van der Waals surface area contributed by atoms with Crippen LogP contribution < -0.4 is 10.5 Å². The number of nitrogens with two attached hydrogens (primary N) is 1. The lowest BCUT2D eigenvalue weighted by Crippen LogP contribution is -2.17. The van der Waals surface area contributed by atoms with Gasteiger partial charge in [0.25, 0.3) is 0 Å². The van der Waals surface area contributed by atoms with E-state index in [4.69, 9.17) is 22.1 Å². The van der Waals surface area contributed by atoms with Gasteiger partial charge in [-0.3, -0.25) is 0 Å². The summed E-state index contributed by atoms with van der Waals surface area (Å²) in [6, 6.07) is 14.1. The third kappa shape index (κ3) is 4.76. The molecular formula is C18H22ClNO. The van der Waals surface area contributed by atoms with E-state index in [2.05, 4.69) is 19.1 Å². The lowest BCUT2D eigenvalue weighted by atomic mass is 10.1. The molecule has 112 valence electrons.